The van der Waals surface area contributed by atoms with Gasteiger partial charge in [0.05, 0.1) is 12.8 Å². The molecule has 2 aromatic carbocycles. The monoisotopic (exact) mass is 307 g/mol. The summed E-state index contributed by atoms with van der Waals surface area (Å²) in [6, 6.07) is 16.8. The van der Waals surface area contributed by atoms with Crippen LogP contribution in [0.15, 0.2) is 59.4 Å². The summed E-state index contributed by atoms with van der Waals surface area (Å²) in [5.41, 5.74) is 3.13. The molecule has 2 N–H and O–H groups in total. The Kier molecular flexibility index (Phi) is 4.10. The Hall–Kier alpha value is -3.08. The van der Waals surface area contributed by atoms with Crippen molar-refractivity contribution in [1.82, 2.24) is 9.97 Å². The fourth-order valence-corrected chi connectivity index (χ4v) is 2.32. The SMILES string of the molecule is COc1ccc(C)c(-c2cc(=O)[nH]c(Nc3ccccc3)n2)c1. The molecule has 0 spiro atoms. The average molecular weight is 307 g/mol. The van der Waals surface area contributed by atoms with Crippen molar-refractivity contribution in [2.45, 2.75) is 6.92 Å². The minimum absolute atomic E-state index is 0.212. The number of H-pyrrole nitrogens is 1. The van der Waals surface area contributed by atoms with Crippen LogP contribution in [0.1, 0.15) is 5.56 Å². The van der Waals surface area contributed by atoms with Gasteiger partial charge in [-0.3, -0.25) is 9.78 Å². The van der Waals surface area contributed by atoms with E-state index in [2.05, 4.69) is 15.3 Å². The number of benzene rings is 2. The van der Waals surface area contributed by atoms with E-state index in [1.165, 1.54) is 6.07 Å². The van der Waals surface area contributed by atoms with Gasteiger partial charge in [-0.2, -0.15) is 0 Å². The number of hydrogen-bond acceptors (Lipinski definition) is 4. The van der Waals surface area contributed by atoms with Crippen molar-refractivity contribution in [1.29, 1.82) is 0 Å². The van der Waals surface area contributed by atoms with Gasteiger partial charge in [0.1, 0.15) is 5.75 Å². The third kappa shape index (κ3) is 3.40. The number of aromatic nitrogens is 2. The van der Waals surface area contributed by atoms with Crippen molar-refractivity contribution in [3.8, 4) is 17.0 Å². The van der Waals surface area contributed by atoms with Crippen LogP contribution in [0.25, 0.3) is 11.3 Å². The van der Waals surface area contributed by atoms with Gasteiger partial charge < -0.3 is 10.1 Å². The Labute approximate surface area is 134 Å². The van der Waals surface area contributed by atoms with Crippen LogP contribution in [0.2, 0.25) is 0 Å². The van der Waals surface area contributed by atoms with Gasteiger partial charge in [0.15, 0.2) is 0 Å². The van der Waals surface area contributed by atoms with E-state index in [1.807, 2.05) is 55.5 Å². The van der Waals surface area contributed by atoms with Gasteiger partial charge in [-0.1, -0.05) is 24.3 Å². The molecule has 0 aliphatic heterocycles. The second-order valence-electron chi connectivity index (χ2n) is 5.15. The standard InChI is InChI=1S/C18H17N3O2/c1-12-8-9-14(23-2)10-15(12)16-11-17(22)21-18(20-16)19-13-6-4-3-5-7-13/h3-11H,1-2H3,(H2,19,20,21,22). The fourth-order valence-electron chi connectivity index (χ4n) is 2.32. The third-order valence-corrected chi connectivity index (χ3v) is 3.50. The zero-order chi connectivity index (χ0) is 16.2. The highest BCUT2D eigenvalue weighted by Gasteiger charge is 2.08. The molecule has 3 rings (SSSR count). The van der Waals surface area contributed by atoms with Gasteiger partial charge in [-0.15, -0.1) is 0 Å². The molecule has 0 saturated heterocycles. The smallest absolute Gasteiger partial charge is 0.252 e. The normalized spacial score (nSPS) is 10.3. The highest BCUT2D eigenvalue weighted by atomic mass is 16.5. The molecule has 0 amide bonds. The van der Waals surface area contributed by atoms with Crippen LogP contribution >= 0.6 is 0 Å². The average Bonchev–Trinajstić information content (AvgIpc) is 2.55. The Morgan fingerprint density at radius 1 is 1.09 bits per heavy atom. The van der Waals surface area contributed by atoms with E-state index in [4.69, 9.17) is 4.74 Å². The van der Waals surface area contributed by atoms with Gasteiger partial charge >= 0.3 is 0 Å². The lowest BCUT2D eigenvalue weighted by Crippen LogP contribution is -2.10. The first-order valence-corrected chi connectivity index (χ1v) is 7.24. The molecule has 0 aliphatic carbocycles. The number of rotatable bonds is 4. The van der Waals surface area contributed by atoms with Crippen LogP contribution in [0, 0.1) is 6.92 Å². The minimum atomic E-state index is -0.212. The molecule has 3 aromatic rings. The number of ether oxygens (including phenoxy) is 1. The number of methoxy groups -OCH3 is 1. The molecule has 0 fully saturated rings. The van der Waals surface area contributed by atoms with Crippen molar-refractivity contribution in [3.05, 3.63) is 70.5 Å². The number of aromatic amines is 1. The van der Waals surface area contributed by atoms with E-state index in [9.17, 15) is 4.79 Å². The summed E-state index contributed by atoms with van der Waals surface area (Å²) in [6.45, 7) is 1.97. The summed E-state index contributed by atoms with van der Waals surface area (Å²) >= 11 is 0. The number of anilines is 2. The molecule has 1 aromatic heterocycles. The molecule has 0 unspecified atom stereocenters. The Morgan fingerprint density at radius 2 is 1.87 bits per heavy atom. The van der Waals surface area contributed by atoms with Crippen molar-refractivity contribution in [3.63, 3.8) is 0 Å². The van der Waals surface area contributed by atoms with Gasteiger partial charge in [0.2, 0.25) is 5.95 Å². The molecule has 0 atom stereocenters. The van der Waals surface area contributed by atoms with Crippen LogP contribution in [0.4, 0.5) is 11.6 Å². The van der Waals surface area contributed by atoms with Crippen LogP contribution in [0.5, 0.6) is 5.75 Å². The summed E-state index contributed by atoms with van der Waals surface area (Å²) in [6.07, 6.45) is 0. The molecule has 116 valence electrons. The topological polar surface area (TPSA) is 67.0 Å². The predicted octanol–water partition coefficient (Wildman–Crippen LogP) is 3.50. The maximum absolute atomic E-state index is 12.0. The van der Waals surface area contributed by atoms with E-state index in [-0.39, 0.29) is 5.56 Å². The van der Waals surface area contributed by atoms with Crippen LogP contribution < -0.4 is 15.6 Å². The summed E-state index contributed by atoms with van der Waals surface area (Å²) in [5.74, 6) is 1.13. The lowest BCUT2D eigenvalue weighted by Gasteiger charge is -2.10. The minimum Gasteiger partial charge on any atom is -0.497 e. The first-order valence-electron chi connectivity index (χ1n) is 7.24. The zero-order valence-corrected chi connectivity index (χ0v) is 13.0. The highest BCUT2D eigenvalue weighted by molar-refractivity contribution is 5.67. The van der Waals surface area contributed by atoms with Gasteiger partial charge in [-0.05, 0) is 36.8 Å². The van der Waals surface area contributed by atoms with E-state index in [0.717, 1.165) is 22.6 Å². The highest BCUT2D eigenvalue weighted by Crippen LogP contribution is 2.26. The summed E-state index contributed by atoms with van der Waals surface area (Å²) in [7, 11) is 1.61. The number of aryl methyl sites for hydroxylation is 1. The number of nitrogens with one attached hydrogen (secondary N) is 2. The third-order valence-electron chi connectivity index (χ3n) is 3.50. The van der Waals surface area contributed by atoms with Crippen LogP contribution in [0.3, 0.4) is 0 Å². The molecule has 23 heavy (non-hydrogen) atoms. The Balaban J connectivity index is 2.03. The molecule has 0 aliphatic rings. The largest absolute Gasteiger partial charge is 0.497 e. The van der Waals surface area contributed by atoms with E-state index >= 15 is 0 Å². The Bertz CT molecular complexity index is 873. The van der Waals surface area contributed by atoms with Crippen molar-refractivity contribution in [2.75, 3.05) is 12.4 Å². The van der Waals surface area contributed by atoms with E-state index in [1.54, 1.807) is 7.11 Å². The molecule has 5 heteroatoms. The van der Waals surface area contributed by atoms with Gasteiger partial charge in [-0.25, -0.2) is 4.98 Å². The second-order valence-corrected chi connectivity index (χ2v) is 5.15. The number of hydrogen-bond donors (Lipinski definition) is 2. The predicted molar refractivity (Wildman–Crippen MR) is 91.3 cm³/mol. The van der Waals surface area contributed by atoms with E-state index in [0.29, 0.717) is 11.6 Å². The number of nitrogens with zero attached hydrogens (tertiary/aromatic N) is 1. The second kappa shape index (κ2) is 6.36. The van der Waals surface area contributed by atoms with Gasteiger partial charge in [0.25, 0.3) is 5.56 Å². The molecule has 0 bridgehead atoms. The molecule has 0 saturated carbocycles. The molecule has 1 heterocycles. The van der Waals surface area contributed by atoms with Gasteiger partial charge in [0, 0.05) is 17.3 Å². The van der Waals surface area contributed by atoms with Crippen molar-refractivity contribution in [2.24, 2.45) is 0 Å². The van der Waals surface area contributed by atoms with Crippen LogP contribution in [-0.4, -0.2) is 17.1 Å². The van der Waals surface area contributed by atoms with Crippen LogP contribution in [-0.2, 0) is 0 Å². The summed E-state index contributed by atoms with van der Waals surface area (Å²) in [4.78, 5) is 19.2. The quantitative estimate of drug-likeness (QED) is 0.774. The van der Waals surface area contributed by atoms with Crippen molar-refractivity contribution < 1.29 is 4.74 Å². The summed E-state index contributed by atoms with van der Waals surface area (Å²) in [5, 5.41) is 3.11. The van der Waals surface area contributed by atoms with Crippen molar-refractivity contribution >= 4 is 11.6 Å². The lowest BCUT2D eigenvalue weighted by atomic mass is 10.1. The van der Waals surface area contributed by atoms with E-state index < -0.39 is 0 Å². The Morgan fingerprint density at radius 3 is 2.61 bits per heavy atom. The first kappa shape index (κ1) is 14.8. The number of para-hydroxylation sites is 1. The zero-order valence-electron chi connectivity index (χ0n) is 13.0. The summed E-state index contributed by atoms with van der Waals surface area (Å²) < 4.78 is 5.26. The lowest BCUT2D eigenvalue weighted by molar-refractivity contribution is 0.415. The molecule has 5 nitrogen and oxygen atoms in total. The fraction of sp³-hybridized carbons (Fsp3) is 0.111. The molecular weight excluding hydrogens is 290 g/mol. The first-order chi connectivity index (χ1) is 11.2. The maximum atomic E-state index is 12.0. The molecule has 0 radical (unpaired) electrons. The molecular formula is C18H17N3O2. The maximum Gasteiger partial charge on any atom is 0.252 e.